The highest BCUT2D eigenvalue weighted by Gasteiger charge is 2.46. The van der Waals surface area contributed by atoms with Crippen LogP contribution in [0.25, 0.3) is 10.9 Å². The number of aliphatic hydroxyl groups is 3. The number of benzene rings is 1. The molecule has 2 aromatic rings. The Morgan fingerprint density at radius 3 is 2.23 bits per heavy atom. The van der Waals surface area contributed by atoms with Crippen LogP contribution < -0.4 is 47.7 Å². The van der Waals surface area contributed by atoms with E-state index in [1.165, 1.54) is 25.8 Å². The molecule has 10 amide bonds. The lowest BCUT2D eigenvalue weighted by molar-refractivity contribution is -0.144. The number of amides is 10. The molecule has 1 aromatic carbocycles. The molecule has 27 nitrogen and oxygen atoms in total. The number of nitrogens with one attached hydrogen (secondary N) is 8. The zero-order valence-electron chi connectivity index (χ0n) is 45.1. The maximum absolute atomic E-state index is 15.3. The first-order valence-corrected chi connectivity index (χ1v) is 28.4. The van der Waals surface area contributed by atoms with Crippen LogP contribution in [0.5, 0.6) is 5.75 Å². The van der Waals surface area contributed by atoms with Crippen molar-refractivity contribution in [2.24, 2.45) is 17.6 Å². The Bertz CT molecular complexity index is 2650. The monoisotopic (exact) mass is 1150 g/mol. The third kappa shape index (κ3) is 15.5. The second kappa shape index (κ2) is 26.7. The van der Waals surface area contributed by atoms with E-state index in [1.54, 1.807) is 51.7 Å². The number of methoxy groups -OCH3 is 1. The molecule has 4 aliphatic rings. The number of ether oxygens (including phenoxy) is 2. The molecule has 436 valence electrons. The highest BCUT2D eigenvalue weighted by molar-refractivity contribution is 7.99. The number of nitrogens with zero attached hydrogens (tertiary/aromatic N) is 2. The molecule has 29 heteroatoms. The molecule has 6 rings (SSSR count). The van der Waals surface area contributed by atoms with Crippen molar-refractivity contribution in [1.29, 1.82) is 0 Å². The Labute approximate surface area is 463 Å². The minimum atomic E-state index is -2.44. The summed E-state index contributed by atoms with van der Waals surface area (Å²) in [5.41, 5.74) is 5.84. The number of rotatable bonds is 11. The maximum atomic E-state index is 15.3. The molecule has 4 aliphatic heterocycles. The van der Waals surface area contributed by atoms with Gasteiger partial charge in [0.25, 0.3) is 0 Å². The van der Waals surface area contributed by atoms with E-state index in [0.717, 1.165) is 4.90 Å². The number of carbonyl (C=O) groups excluding carboxylic acids is 10. The third-order valence-corrected chi connectivity index (χ3v) is 17.0. The van der Waals surface area contributed by atoms with Crippen LogP contribution >= 0.6 is 11.8 Å². The lowest BCUT2D eigenvalue weighted by atomic mass is 9.93. The van der Waals surface area contributed by atoms with Gasteiger partial charge >= 0.3 is 6.09 Å². The van der Waals surface area contributed by atoms with Crippen LogP contribution in [0.1, 0.15) is 78.4 Å². The normalized spacial score (nSPS) is 27.5. The number of fused-ring (bicyclic) bond motifs is 5. The second-order valence-electron chi connectivity index (χ2n) is 21.2. The Morgan fingerprint density at radius 1 is 0.899 bits per heavy atom. The molecule has 0 radical (unpaired) electrons. The van der Waals surface area contributed by atoms with Gasteiger partial charge in [-0.15, -0.1) is 0 Å². The highest BCUT2D eigenvalue weighted by atomic mass is 32.2. The first-order chi connectivity index (χ1) is 37.2. The molecule has 13 N–H and O–H groups in total. The van der Waals surface area contributed by atoms with Crippen molar-refractivity contribution in [3.63, 3.8) is 0 Å². The number of aliphatic hydroxyl groups excluding tert-OH is 3. The quantitative estimate of drug-likeness (QED) is 0.0977. The Hall–Kier alpha value is -6.40. The number of H-pyrrole nitrogens is 1. The molecule has 1 aromatic heterocycles. The van der Waals surface area contributed by atoms with Crippen LogP contribution in [0, 0.1) is 11.8 Å². The summed E-state index contributed by atoms with van der Waals surface area (Å²) in [5.74, 6) is -11.3. The first-order valence-electron chi connectivity index (χ1n) is 26.0. The average molecular weight is 1150 g/mol. The fraction of sp³-hybridized carbons (Fsp3) is 0.640. The minimum absolute atomic E-state index is 0.0805. The summed E-state index contributed by atoms with van der Waals surface area (Å²) < 4.78 is 26.7. The van der Waals surface area contributed by atoms with Gasteiger partial charge in [-0.05, 0) is 45.2 Å². The predicted octanol–water partition coefficient (Wildman–Crippen LogP) is -3.37. The van der Waals surface area contributed by atoms with E-state index in [1.807, 2.05) is 0 Å². The average Bonchev–Trinajstić information content (AvgIpc) is 4.37. The number of hydrogen-bond donors (Lipinski definition) is 12. The SMILES string of the molecule is CC[C@H](C)[C@@H]1NC(=O)CNC(=O)[C@@H]2Cc3c([nH]c4c(CSC5CCN(C(=O)OC(C)(C)C)C5)c(OC)ccc34)[S+]([O-])C[C@H](NC(=O)CNC1=O)C(=O)N[C@@H](CC(N)=O)C(=O)N1C[C@H](O)C[C@@H]1C(=O)N[C@@H]([C@@H](C)[C@@H](O)CO)C(=O)N2. The second-order valence-corrected chi connectivity index (χ2v) is 24.0. The topological polar surface area (TPSA) is 405 Å². The molecular formula is C50H73N11O16S2. The summed E-state index contributed by atoms with van der Waals surface area (Å²) in [7, 11) is 1.43. The molecule has 12 atom stereocenters. The number of thioether (sulfide) groups is 1. The Morgan fingerprint density at radius 2 is 1.58 bits per heavy atom. The zero-order valence-corrected chi connectivity index (χ0v) is 46.8. The summed E-state index contributed by atoms with van der Waals surface area (Å²) in [6.07, 6.45) is -4.37. The summed E-state index contributed by atoms with van der Waals surface area (Å²) in [6.45, 7) is 7.82. The van der Waals surface area contributed by atoms with Crippen LogP contribution in [0.15, 0.2) is 17.2 Å². The largest absolute Gasteiger partial charge is 0.610 e. The maximum Gasteiger partial charge on any atom is 0.410 e. The van der Waals surface area contributed by atoms with Gasteiger partial charge in [-0.3, -0.25) is 43.2 Å². The van der Waals surface area contributed by atoms with Crippen LogP contribution in [0.4, 0.5) is 4.79 Å². The number of aromatic nitrogens is 1. The van der Waals surface area contributed by atoms with Gasteiger partial charge in [-0.2, -0.15) is 11.8 Å². The highest BCUT2D eigenvalue weighted by Crippen LogP contribution is 2.38. The molecule has 2 saturated heterocycles. The van der Waals surface area contributed by atoms with Crippen molar-refractivity contribution < 1.29 is 77.3 Å². The minimum Gasteiger partial charge on any atom is -0.610 e. The number of hydrogen-bond acceptors (Lipinski definition) is 17. The summed E-state index contributed by atoms with van der Waals surface area (Å²) in [5, 5.41) is 49.5. The van der Waals surface area contributed by atoms with Crippen LogP contribution in [0.3, 0.4) is 0 Å². The molecule has 0 aliphatic carbocycles. The van der Waals surface area contributed by atoms with E-state index < -0.39 is 188 Å². The smallest absolute Gasteiger partial charge is 0.410 e. The van der Waals surface area contributed by atoms with Gasteiger partial charge in [-0.1, -0.05) is 27.2 Å². The van der Waals surface area contributed by atoms with Crippen LogP contribution in [0.2, 0.25) is 0 Å². The van der Waals surface area contributed by atoms with Crippen molar-refractivity contribution in [3.8, 4) is 5.75 Å². The number of aromatic amines is 1. The van der Waals surface area contributed by atoms with E-state index in [-0.39, 0.29) is 21.6 Å². The van der Waals surface area contributed by atoms with Gasteiger partial charge in [0.2, 0.25) is 58.2 Å². The number of nitrogens with two attached hydrogens (primary N) is 1. The van der Waals surface area contributed by atoms with E-state index in [0.29, 0.717) is 48.1 Å². The summed E-state index contributed by atoms with van der Waals surface area (Å²) in [4.78, 5) is 145. The van der Waals surface area contributed by atoms with Crippen molar-refractivity contribution in [3.05, 3.63) is 23.3 Å². The predicted molar refractivity (Wildman–Crippen MR) is 285 cm³/mol. The fourth-order valence-corrected chi connectivity index (χ4v) is 12.3. The van der Waals surface area contributed by atoms with E-state index in [2.05, 4.69) is 42.2 Å². The van der Waals surface area contributed by atoms with E-state index in [9.17, 15) is 63.3 Å². The molecule has 79 heavy (non-hydrogen) atoms. The van der Waals surface area contributed by atoms with Crippen molar-refractivity contribution in [2.75, 3.05) is 52.2 Å². The van der Waals surface area contributed by atoms with Crippen molar-refractivity contribution in [1.82, 2.24) is 52.0 Å². The standard InChI is InChI=1S/C50H73N11O16S2/c1-8-23(2)39-45(71)53-16-37(66)54-32-22-79(75)47-28(27-9-10-35(76-7)29(41(27)59-47)21-78-26-11-12-60(19-26)49(74)77-50(4,5)6)14-30(42(68)52-17-38(67)57-39)55-46(72)40(24(3)34(64)20-62)58-44(70)33-13-25(63)18-61(33)48(73)31(15-36(51)65)56-43(32)69/h9-10,23-26,30-34,39-40,59,62-64H,8,11-22H2,1-7H3,(H2,51,65)(H,52,68)(H,53,71)(H,54,66)(H,55,72)(H,56,69)(H,57,67)(H,58,70)/t23-,24-,25+,26?,30-,31-,32-,33+,34-,39-,40-,79?/m0/s1. The number of primary amides is 1. The summed E-state index contributed by atoms with van der Waals surface area (Å²) >= 11 is -0.951. The number of carbonyl (C=O) groups is 10. The lowest BCUT2D eigenvalue weighted by Crippen LogP contribution is -2.62. The van der Waals surface area contributed by atoms with Gasteiger partial charge in [0, 0.05) is 77.1 Å². The van der Waals surface area contributed by atoms with Crippen LogP contribution in [-0.4, -0.2) is 205 Å². The fourth-order valence-electron chi connectivity index (χ4n) is 9.71. The van der Waals surface area contributed by atoms with Crippen LogP contribution in [-0.2, 0) is 71.2 Å². The Kier molecular flexibility index (Phi) is 20.9. The molecule has 0 spiro atoms. The molecule has 0 saturated carbocycles. The zero-order chi connectivity index (χ0) is 58.2. The van der Waals surface area contributed by atoms with E-state index in [4.69, 9.17) is 15.2 Å². The molecular weight excluding hydrogens is 1070 g/mol. The van der Waals surface area contributed by atoms with Gasteiger partial charge in [-0.25, -0.2) is 4.79 Å². The first kappa shape index (κ1) is 61.8. The molecule has 5 heterocycles. The summed E-state index contributed by atoms with van der Waals surface area (Å²) in [6, 6.07) is -6.89. The van der Waals surface area contributed by atoms with Gasteiger partial charge in [0.15, 0.2) is 6.04 Å². The van der Waals surface area contributed by atoms with Gasteiger partial charge in [0.1, 0.15) is 47.3 Å². The van der Waals surface area contributed by atoms with Gasteiger partial charge in [0.05, 0.1) is 51.0 Å². The van der Waals surface area contributed by atoms with E-state index >= 15 is 4.55 Å². The lowest BCUT2D eigenvalue weighted by Gasteiger charge is -2.32. The molecule has 2 bridgehead atoms. The van der Waals surface area contributed by atoms with Gasteiger partial charge < -0.3 is 87.1 Å². The Balaban J connectivity index is 1.55. The molecule has 2 fully saturated rings. The molecule has 2 unspecified atom stereocenters. The number of likely N-dealkylation sites (tertiary alicyclic amines) is 1. The van der Waals surface area contributed by atoms with Crippen molar-refractivity contribution >= 4 is 93.1 Å². The third-order valence-electron chi connectivity index (χ3n) is 14.3. The van der Waals surface area contributed by atoms with Crippen molar-refractivity contribution in [2.45, 2.75) is 144 Å².